The molecule has 2 fully saturated rings. The fourth-order valence-corrected chi connectivity index (χ4v) is 3.13. The summed E-state index contributed by atoms with van der Waals surface area (Å²) in [6, 6.07) is -0.0922. The molecule has 3 unspecified atom stereocenters. The molecule has 2 amide bonds. The van der Waals surface area contributed by atoms with Crippen LogP contribution >= 0.6 is 0 Å². The van der Waals surface area contributed by atoms with E-state index in [-0.39, 0.29) is 24.4 Å². The summed E-state index contributed by atoms with van der Waals surface area (Å²) in [7, 11) is 0. The molecule has 0 aromatic heterocycles. The van der Waals surface area contributed by atoms with Gasteiger partial charge in [-0.05, 0) is 37.1 Å². The van der Waals surface area contributed by atoms with E-state index < -0.39 is 0 Å². The van der Waals surface area contributed by atoms with Gasteiger partial charge in [-0.1, -0.05) is 20.3 Å². The molecule has 1 aliphatic carbocycles. The van der Waals surface area contributed by atoms with Gasteiger partial charge in [0.05, 0.1) is 12.6 Å². The van der Waals surface area contributed by atoms with Crippen LogP contribution in [-0.2, 0) is 9.59 Å². The normalized spacial score (nSPS) is 29.3. The molecular weight excluding hydrogens is 242 g/mol. The van der Waals surface area contributed by atoms with E-state index in [1.165, 1.54) is 12.8 Å². The van der Waals surface area contributed by atoms with Crippen molar-refractivity contribution in [2.45, 2.75) is 39.2 Å². The van der Waals surface area contributed by atoms with Crippen LogP contribution in [0.25, 0.3) is 0 Å². The molecular formula is C14H25N3O2. The van der Waals surface area contributed by atoms with Gasteiger partial charge in [0.25, 0.3) is 0 Å². The van der Waals surface area contributed by atoms with Crippen LogP contribution in [0.2, 0.25) is 0 Å². The van der Waals surface area contributed by atoms with Crippen molar-refractivity contribution >= 4 is 11.8 Å². The summed E-state index contributed by atoms with van der Waals surface area (Å²) in [5, 5.41) is 8.84. The number of fused-ring (bicyclic) bond motifs is 1. The molecule has 2 rings (SSSR count). The van der Waals surface area contributed by atoms with Gasteiger partial charge in [-0.25, -0.2) is 0 Å². The van der Waals surface area contributed by atoms with Crippen molar-refractivity contribution in [2.75, 3.05) is 19.6 Å². The van der Waals surface area contributed by atoms with Gasteiger partial charge in [-0.3, -0.25) is 9.59 Å². The van der Waals surface area contributed by atoms with E-state index in [1.54, 1.807) is 0 Å². The van der Waals surface area contributed by atoms with E-state index in [0.29, 0.717) is 24.3 Å². The Morgan fingerprint density at radius 1 is 1.26 bits per heavy atom. The standard InChI is InChI=1S/C14H25N3O2/c1-9(2)6-15-12(18)8-17-14(19)13-11-5-3-4-10(11)7-16-13/h9-11,13,16H,3-8H2,1-2H3,(H,15,18)(H,17,19). The summed E-state index contributed by atoms with van der Waals surface area (Å²) >= 11 is 0. The average molecular weight is 267 g/mol. The highest BCUT2D eigenvalue weighted by Crippen LogP contribution is 2.37. The lowest BCUT2D eigenvalue weighted by atomic mass is 9.94. The van der Waals surface area contributed by atoms with Gasteiger partial charge in [-0.2, -0.15) is 0 Å². The van der Waals surface area contributed by atoms with E-state index in [1.807, 2.05) is 13.8 Å². The van der Waals surface area contributed by atoms with Crippen molar-refractivity contribution in [2.24, 2.45) is 17.8 Å². The van der Waals surface area contributed by atoms with Crippen molar-refractivity contribution in [1.82, 2.24) is 16.0 Å². The minimum Gasteiger partial charge on any atom is -0.354 e. The van der Waals surface area contributed by atoms with Gasteiger partial charge in [0.2, 0.25) is 11.8 Å². The average Bonchev–Trinajstić information content (AvgIpc) is 2.95. The van der Waals surface area contributed by atoms with Crippen LogP contribution in [0.4, 0.5) is 0 Å². The fourth-order valence-electron chi connectivity index (χ4n) is 3.13. The minimum atomic E-state index is -0.108. The monoisotopic (exact) mass is 267 g/mol. The summed E-state index contributed by atoms with van der Waals surface area (Å²) < 4.78 is 0. The molecule has 0 aromatic carbocycles. The zero-order chi connectivity index (χ0) is 13.8. The zero-order valence-corrected chi connectivity index (χ0v) is 11.9. The number of rotatable bonds is 5. The van der Waals surface area contributed by atoms with E-state index in [2.05, 4.69) is 16.0 Å². The molecule has 1 saturated carbocycles. The third kappa shape index (κ3) is 3.69. The highest BCUT2D eigenvalue weighted by atomic mass is 16.2. The first-order valence-corrected chi connectivity index (χ1v) is 7.35. The predicted octanol–water partition coefficient (Wildman–Crippen LogP) is 0.263. The van der Waals surface area contributed by atoms with Crippen LogP contribution in [0, 0.1) is 17.8 Å². The van der Waals surface area contributed by atoms with Crippen LogP contribution in [-0.4, -0.2) is 37.5 Å². The molecule has 1 aliphatic heterocycles. The lowest BCUT2D eigenvalue weighted by Crippen LogP contribution is -2.47. The Morgan fingerprint density at radius 2 is 2.05 bits per heavy atom. The third-order valence-electron chi connectivity index (χ3n) is 4.16. The predicted molar refractivity (Wildman–Crippen MR) is 73.5 cm³/mol. The fraction of sp³-hybridized carbons (Fsp3) is 0.857. The van der Waals surface area contributed by atoms with E-state index in [4.69, 9.17) is 0 Å². The topological polar surface area (TPSA) is 70.2 Å². The molecule has 0 radical (unpaired) electrons. The number of carbonyl (C=O) groups is 2. The summed E-state index contributed by atoms with van der Waals surface area (Å²) in [5.41, 5.74) is 0. The lowest BCUT2D eigenvalue weighted by molar-refractivity contribution is -0.127. The first kappa shape index (κ1) is 14.3. The van der Waals surface area contributed by atoms with Gasteiger partial charge in [0.15, 0.2) is 0 Å². The second kappa shape index (κ2) is 6.37. The molecule has 0 spiro atoms. The van der Waals surface area contributed by atoms with Gasteiger partial charge >= 0.3 is 0 Å². The van der Waals surface area contributed by atoms with Crippen LogP contribution < -0.4 is 16.0 Å². The Kier molecular flexibility index (Phi) is 4.80. The maximum atomic E-state index is 12.1. The van der Waals surface area contributed by atoms with Crippen molar-refractivity contribution in [1.29, 1.82) is 0 Å². The Hall–Kier alpha value is -1.10. The second-order valence-corrected chi connectivity index (χ2v) is 6.16. The smallest absolute Gasteiger partial charge is 0.239 e. The summed E-state index contributed by atoms with van der Waals surface area (Å²) in [6.07, 6.45) is 3.60. The first-order valence-electron chi connectivity index (χ1n) is 7.35. The second-order valence-electron chi connectivity index (χ2n) is 6.16. The molecule has 1 heterocycles. The van der Waals surface area contributed by atoms with E-state index in [0.717, 1.165) is 13.0 Å². The van der Waals surface area contributed by atoms with Crippen LogP contribution in [0.1, 0.15) is 33.1 Å². The Labute approximate surface area is 114 Å². The van der Waals surface area contributed by atoms with Crippen molar-refractivity contribution in [3.8, 4) is 0 Å². The highest BCUT2D eigenvalue weighted by Gasteiger charge is 2.42. The number of hydrogen-bond acceptors (Lipinski definition) is 3. The van der Waals surface area contributed by atoms with Gasteiger partial charge in [-0.15, -0.1) is 0 Å². The van der Waals surface area contributed by atoms with Crippen LogP contribution in [0.15, 0.2) is 0 Å². The Morgan fingerprint density at radius 3 is 2.79 bits per heavy atom. The van der Waals surface area contributed by atoms with E-state index >= 15 is 0 Å². The minimum absolute atomic E-state index is 0.0194. The molecule has 5 heteroatoms. The number of nitrogens with one attached hydrogen (secondary N) is 3. The first-order chi connectivity index (χ1) is 9.08. The van der Waals surface area contributed by atoms with Gasteiger partial charge in [0, 0.05) is 6.54 Å². The summed E-state index contributed by atoms with van der Waals surface area (Å²) in [6.45, 7) is 5.77. The number of hydrogen-bond donors (Lipinski definition) is 3. The van der Waals surface area contributed by atoms with Crippen molar-refractivity contribution in [3.05, 3.63) is 0 Å². The van der Waals surface area contributed by atoms with Crippen LogP contribution in [0.3, 0.4) is 0 Å². The molecule has 1 saturated heterocycles. The molecule has 19 heavy (non-hydrogen) atoms. The number of amides is 2. The summed E-state index contributed by atoms with van der Waals surface area (Å²) in [5.74, 6) is 1.43. The molecule has 0 aromatic rings. The number of carbonyl (C=O) groups excluding carboxylic acids is 2. The van der Waals surface area contributed by atoms with Crippen molar-refractivity contribution < 1.29 is 9.59 Å². The molecule has 5 nitrogen and oxygen atoms in total. The third-order valence-corrected chi connectivity index (χ3v) is 4.16. The SMILES string of the molecule is CC(C)CNC(=O)CNC(=O)C1NCC2CCCC21. The molecule has 108 valence electrons. The summed E-state index contributed by atoms with van der Waals surface area (Å²) in [4.78, 5) is 23.6. The molecule has 2 aliphatic rings. The molecule has 3 atom stereocenters. The highest BCUT2D eigenvalue weighted by molar-refractivity contribution is 5.87. The molecule has 0 bridgehead atoms. The van der Waals surface area contributed by atoms with Crippen LogP contribution in [0.5, 0.6) is 0 Å². The lowest BCUT2D eigenvalue weighted by Gasteiger charge is -2.17. The maximum absolute atomic E-state index is 12.1. The Bertz CT molecular complexity index is 344. The van der Waals surface area contributed by atoms with Gasteiger partial charge in [0.1, 0.15) is 0 Å². The zero-order valence-electron chi connectivity index (χ0n) is 11.9. The van der Waals surface area contributed by atoms with Gasteiger partial charge < -0.3 is 16.0 Å². The maximum Gasteiger partial charge on any atom is 0.239 e. The Balaban J connectivity index is 1.71. The quantitative estimate of drug-likeness (QED) is 0.669. The largest absolute Gasteiger partial charge is 0.354 e. The van der Waals surface area contributed by atoms with Crippen molar-refractivity contribution in [3.63, 3.8) is 0 Å². The van der Waals surface area contributed by atoms with E-state index in [9.17, 15) is 9.59 Å². The molecule has 3 N–H and O–H groups in total.